The smallest absolute Gasteiger partial charge is 0.0889 e. The molecule has 0 N–H and O–H groups in total. The molecule has 2 heterocycles. The molecule has 202 valence electrons. The number of hydrogen-bond acceptors (Lipinski definition) is 2. The Balaban J connectivity index is 1.30. The van der Waals surface area contributed by atoms with Crippen molar-refractivity contribution in [3.63, 3.8) is 0 Å². The summed E-state index contributed by atoms with van der Waals surface area (Å²) < 4.78 is 0. The maximum atomic E-state index is 4.77. The Labute approximate surface area is 251 Å². The maximum absolute atomic E-state index is 4.77. The molecule has 0 saturated heterocycles. The number of hydrogen-bond donors (Lipinski definition) is 0. The van der Waals surface area contributed by atoms with Crippen LogP contribution in [-0.4, -0.2) is 9.97 Å². The van der Waals surface area contributed by atoms with Gasteiger partial charge in [0.2, 0.25) is 0 Å². The molecule has 0 atom stereocenters. The Kier molecular flexibility index (Phi) is 6.05. The molecule has 6 aromatic carbocycles. The second-order valence-corrected chi connectivity index (χ2v) is 11.1. The van der Waals surface area contributed by atoms with Crippen molar-refractivity contribution >= 4 is 32.3 Å². The van der Waals surface area contributed by atoms with Crippen molar-refractivity contribution in [2.75, 3.05) is 0 Å². The summed E-state index contributed by atoms with van der Waals surface area (Å²) in [5.74, 6) is 0. The lowest BCUT2D eigenvalue weighted by Crippen LogP contribution is -1.92. The van der Waals surface area contributed by atoms with E-state index in [1.165, 1.54) is 54.6 Å². The van der Waals surface area contributed by atoms with Crippen LogP contribution in [0.1, 0.15) is 5.69 Å². The minimum absolute atomic E-state index is 0.880. The zero-order chi connectivity index (χ0) is 28.8. The Morgan fingerprint density at radius 3 is 1.63 bits per heavy atom. The highest BCUT2D eigenvalue weighted by atomic mass is 14.8. The molecule has 43 heavy (non-hydrogen) atoms. The number of nitrogens with zero attached hydrogens (tertiary/aromatic N) is 2. The van der Waals surface area contributed by atoms with Gasteiger partial charge >= 0.3 is 0 Å². The van der Waals surface area contributed by atoms with Gasteiger partial charge in [0.25, 0.3) is 0 Å². The van der Waals surface area contributed by atoms with Crippen LogP contribution in [0.2, 0.25) is 0 Å². The van der Waals surface area contributed by atoms with Crippen molar-refractivity contribution in [2.24, 2.45) is 0 Å². The number of benzene rings is 6. The van der Waals surface area contributed by atoms with Crippen LogP contribution in [0, 0.1) is 6.92 Å². The van der Waals surface area contributed by atoms with Gasteiger partial charge in [-0.25, -0.2) is 0 Å². The average Bonchev–Trinajstić information content (AvgIpc) is 3.07. The third-order valence-corrected chi connectivity index (χ3v) is 8.37. The lowest BCUT2D eigenvalue weighted by molar-refractivity contribution is 1.18. The van der Waals surface area contributed by atoms with Crippen molar-refractivity contribution in [1.29, 1.82) is 0 Å². The fraction of sp³-hybridized carbons (Fsp3) is 0.0244. The van der Waals surface area contributed by atoms with Gasteiger partial charge in [0.1, 0.15) is 0 Å². The third kappa shape index (κ3) is 4.45. The third-order valence-electron chi connectivity index (χ3n) is 8.37. The number of aromatic nitrogens is 2. The Morgan fingerprint density at radius 1 is 0.395 bits per heavy atom. The molecule has 0 aliphatic carbocycles. The van der Waals surface area contributed by atoms with E-state index >= 15 is 0 Å². The zero-order valence-corrected chi connectivity index (χ0v) is 23.8. The predicted molar refractivity (Wildman–Crippen MR) is 181 cm³/mol. The summed E-state index contributed by atoms with van der Waals surface area (Å²) in [7, 11) is 0. The minimum Gasteiger partial charge on any atom is -0.254 e. The monoisotopic (exact) mass is 548 g/mol. The van der Waals surface area contributed by atoms with E-state index in [9.17, 15) is 0 Å². The van der Waals surface area contributed by atoms with Crippen LogP contribution in [0.3, 0.4) is 0 Å². The summed E-state index contributed by atoms with van der Waals surface area (Å²) in [4.78, 5) is 9.41. The molecule has 8 rings (SSSR count). The van der Waals surface area contributed by atoms with Gasteiger partial charge in [-0.2, -0.15) is 0 Å². The van der Waals surface area contributed by atoms with Gasteiger partial charge in [0, 0.05) is 17.5 Å². The van der Waals surface area contributed by atoms with Crippen LogP contribution < -0.4 is 0 Å². The number of fused-ring (bicyclic) bond motifs is 3. The highest BCUT2D eigenvalue weighted by molar-refractivity contribution is 6.21. The molecular formula is C41H28N2. The Morgan fingerprint density at radius 2 is 0.977 bits per heavy atom. The molecule has 2 nitrogen and oxygen atoms in total. The van der Waals surface area contributed by atoms with Gasteiger partial charge in [-0.3, -0.25) is 9.97 Å². The first-order valence-corrected chi connectivity index (χ1v) is 14.7. The maximum Gasteiger partial charge on any atom is 0.0889 e. The second-order valence-electron chi connectivity index (χ2n) is 11.1. The molecule has 8 aromatic rings. The highest BCUT2D eigenvalue weighted by Gasteiger charge is 2.17. The van der Waals surface area contributed by atoms with E-state index in [1.807, 2.05) is 31.3 Å². The molecule has 0 amide bonds. The van der Waals surface area contributed by atoms with Gasteiger partial charge in [0.05, 0.1) is 11.4 Å². The van der Waals surface area contributed by atoms with Gasteiger partial charge in [0.15, 0.2) is 0 Å². The minimum atomic E-state index is 0.880. The van der Waals surface area contributed by atoms with E-state index < -0.39 is 0 Å². The molecule has 0 aliphatic rings. The molecule has 0 spiro atoms. The molecule has 0 radical (unpaired) electrons. The summed E-state index contributed by atoms with van der Waals surface area (Å²) in [5, 5.41) is 7.52. The lowest BCUT2D eigenvalue weighted by atomic mass is 9.85. The number of pyridine rings is 2. The van der Waals surface area contributed by atoms with Crippen LogP contribution in [0.5, 0.6) is 0 Å². The zero-order valence-electron chi connectivity index (χ0n) is 23.8. The second kappa shape index (κ2) is 10.3. The van der Waals surface area contributed by atoms with Crippen LogP contribution in [0.15, 0.2) is 152 Å². The fourth-order valence-electron chi connectivity index (χ4n) is 6.35. The standard InChI is InChI=1S/C41H28N2/c1-27-10-8-19-39(43-27)38-23-22-33(26-42-38)30-13-9-14-31(25-30)40-34-15-4-6-17-36(34)41(37-18-7-5-16-35(37)40)32-21-20-28-11-2-3-12-29(28)24-32/h2-26H,1H3. The first kappa shape index (κ1) is 25.1. The van der Waals surface area contributed by atoms with E-state index in [4.69, 9.17) is 4.98 Å². The molecule has 2 heteroatoms. The average molecular weight is 549 g/mol. The van der Waals surface area contributed by atoms with Crippen molar-refractivity contribution in [3.05, 3.63) is 157 Å². The van der Waals surface area contributed by atoms with Gasteiger partial charge < -0.3 is 0 Å². The summed E-state index contributed by atoms with van der Waals surface area (Å²) in [6, 6.07) is 52.2. The van der Waals surface area contributed by atoms with Crippen molar-refractivity contribution < 1.29 is 0 Å². The van der Waals surface area contributed by atoms with Crippen molar-refractivity contribution in [2.45, 2.75) is 6.92 Å². The molecule has 0 fully saturated rings. The summed E-state index contributed by atoms with van der Waals surface area (Å²) in [6.45, 7) is 2.01. The van der Waals surface area contributed by atoms with E-state index in [0.717, 1.165) is 28.2 Å². The Hall–Kier alpha value is -5.60. The molecular weight excluding hydrogens is 520 g/mol. The van der Waals surface area contributed by atoms with Crippen molar-refractivity contribution in [3.8, 4) is 44.8 Å². The van der Waals surface area contributed by atoms with Gasteiger partial charge in [-0.1, -0.05) is 115 Å². The van der Waals surface area contributed by atoms with Crippen LogP contribution in [0.4, 0.5) is 0 Å². The quantitative estimate of drug-likeness (QED) is 0.204. The lowest BCUT2D eigenvalue weighted by Gasteiger charge is -2.18. The molecule has 0 saturated carbocycles. The molecule has 0 unspecified atom stereocenters. The van der Waals surface area contributed by atoms with Crippen LogP contribution >= 0.6 is 0 Å². The van der Waals surface area contributed by atoms with Crippen molar-refractivity contribution in [1.82, 2.24) is 9.97 Å². The molecule has 0 bridgehead atoms. The highest BCUT2D eigenvalue weighted by Crippen LogP contribution is 2.44. The van der Waals surface area contributed by atoms with Gasteiger partial charge in [-0.15, -0.1) is 0 Å². The largest absolute Gasteiger partial charge is 0.254 e. The summed E-state index contributed by atoms with van der Waals surface area (Å²) in [6.07, 6.45) is 1.96. The van der Waals surface area contributed by atoms with E-state index in [1.54, 1.807) is 0 Å². The molecule has 2 aromatic heterocycles. The summed E-state index contributed by atoms with van der Waals surface area (Å²) >= 11 is 0. The SMILES string of the molecule is Cc1cccc(-c2ccc(-c3cccc(-c4c5ccccc5c(-c5ccc6ccccc6c5)c5ccccc45)c3)cn2)n1. The fourth-order valence-corrected chi connectivity index (χ4v) is 6.35. The van der Waals surface area contributed by atoms with Crippen LogP contribution in [-0.2, 0) is 0 Å². The van der Waals surface area contributed by atoms with Gasteiger partial charge in [-0.05, 0) is 97.4 Å². The van der Waals surface area contributed by atoms with E-state index in [2.05, 4.69) is 132 Å². The van der Waals surface area contributed by atoms with E-state index in [0.29, 0.717) is 0 Å². The topological polar surface area (TPSA) is 25.8 Å². The summed E-state index contributed by atoms with van der Waals surface area (Å²) in [5.41, 5.74) is 9.95. The Bertz CT molecular complexity index is 2240. The predicted octanol–water partition coefficient (Wildman–Crippen LogP) is 10.9. The first-order valence-electron chi connectivity index (χ1n) is 14.7. The van der Waals surface area contributed by atoms with E-state index in [-0.39, 0.29) is 0 Å². The number of aryl methyl sites for hydroxylation is 1. The number of rotatable bonds is 4. The van der Waals surface area contributed by atoms with Crippen LogP contribution in [0.25, 0.3) is 77.1 Å². The first-order chi connectivity index (χ1) is 21.2. The normalized spacial score (nSPS) is 11.4. The molecule has 0 aliphatic heterocycles.